The van der Waals surface area contributed by atoms with Gasteiger partial charge in [-0.1, -0.05) is 0 Å². The molecule has 3 heterocycles. The van der Waals surface area contributed by atoms with Crippen LogP contribution in [0.25, 0.3) is 11.3 Å². The molecule has 3 rings (SSSR count). The Morgan fingerprint density at radius 1 is 1.14 bits per heavy atom. The number of nitrogens with zero attached hydrogens (tertiary/aromatic N) is 5. The number of hydrogen-bond donors (Lipinski definition) is 0. The van der Waals surface area contributed by atoms with Crippen molar-refractivity contribution in [2.75, 3.05) is 19.3 Å². The van der Waals surface area contributed by atoms with Gasteiger partial charge in [-0.05, 0) is 12.8 Å². The lowest BCUT2D eigenvalue weighted by Crippen LogP contribution is -2.37. The van der Waals surface area contributed by atoms with E-state index < -0.39 is 10.0 Å². The third-order valence-electron chi connectivity index (χ3n) is 4.01. The predicted octanol–water partition coefficient (Wildman–Crippen LogP) is 1.02. The largest absolute Gasteiger partial charge is 0.275 e. The summed E-state index contributed by atoms with van der Waals surface area (Å²) in [6, 6.07) is 0. The van der Waals surface area contributed by atoms with Crippen molar-refractivity contribution in [1.82, 2.24) is 24.1 Å². The second kappa shape index (κ2) is 5.77. The molecule has 8 heteroatoms. The topological polar surface area (TPSA) is 81.0 Å². The minimum absolute atomic E-state index is 0.272. The van der Waals surface area contributed by atoms with Gasteiger partial charge in [0.1, 0.15) is 0 Å². The quantitative estimate of drug-likeness (QED) is 0.843. The summed E-state index contributed by atoms with van der Waals surface area (Å²) >= 11 is 0. The van der Waals surface area contributed by atoms with Gasteiger partial charge in [0.2, 0.25) is 10.0 Å². The molecule has 7 nitrogen and oxygen atoms in total. The molecule has 2 aromatic rings. The van der Waals surface area contributed by atoms with E-state index in [-0.39, 0.29) is 5.92 Å². The molecule has 1 aliphatic rings. The highest BCUT2D eigenvalue weighted by molar-refractivity contribution is 7.88. The molecule has 0 atom stereocenters. The van der Waals surface area contributed by atoms with Crippen LogP contribution in [0.5, 0.6) is 0 Å². The molecular formula is C14H19N5O2S. The molecule has 0 unspecified atom stereocenters. The molecule has 0 aliphatic carbocycles. The van der Waals surface area contributed by atoms with E-state index in [1.807, 2.05) is 13.2 Å². The summed E-state index contributed by atoms with van der Waals surface area (Å²) < 4.78 is 26.3. The molecule has 0 spiro atoms. The van der Waals surface area contributed by atoms with E-state index in [2.05, 4.69) is 15.1 Å². The monoisotopic (exact) mass is 321 g/mol. The Balaban J connectivity index is 1.69. The van der Waals surface area contributed by atoms with E-state index in [0.717, 1.165) is 29.8 Å². The van der Waals surface area contributed by atoms with Crippen molar-refractivity contribution in [1.29, 1.82) is 0 Å². The normalized spacial score (nSPS) is 17.7. The lowest BCUT2D eigenvalue weighted by atomic mass is 9.95. The van der Waals surface area contributed by atoms with Crippen LogP contribution in [0.4, 0.5) is 0 Å². The fourth-order valence-electron chi connectivity index (χ4n) is 2.73. The van der Waals surface area contributed by atoms with Gasteiger partial charge in [0.05, 0.1) is 30.0 Å². The minimum Gasteiger partial charge on any atom is -0.275 e. The smallest absolute Gasteiger partial charge is 0.211 e. The fraction of sp³-hybridized carbons (Fsp3) is 0.500. The Hall–Kier alpha value is -1.80. The lowest BCUT2D eigenvalue weighted by Gasteiger charge is -2.29. The molecule has 1 fully saturated rings. The zero-order valence-corrected chi connectivity index (χ0v) is 13.5. The van der Waals surface area contributed by atoms with Crippen molar-refractivity contribution >= 4 is 10.0 Å². The predicted molar refractivity (Wildman–Crippen MR) is 82.6 cm³/mol. The molecule has 0 aromatic carbocycles. The van der Waals surface area contributed by atoms with Gasteiger partial charge in [-0.3, -0.25) is 14.6 Å². The Labute approximate surface area is 130 Å². The number of sulfonamides is 1. The van der Waals surface area contributed by atoms with Gasteiger partial charge in [-0.25, -0.2) is 12.7 Å². The van der Waals surface area contributed by atoms with Crippen LogP contribution in [0, 0.1) is 0 Å². The summed E-state index contributed by atoms with van der Waals surface area (Å²) in [5.74, 6) is 0.272. The summed E-state index contributed by atoms with van der Waals surface area (Å²) in [4.78, 5) is 8.97. The highest BCUT2D eigenvalue weighted by atomic mass is 32.2. The lowest BCUT2D eigenvalue weighted by molar-refractivity contribution is 0.318. The van der Waals surface area contributed by atoms with E-state index >= 15 is 0 Å². The van der Waals surface area contributed by atoms with E-state index in [1.54, 1.807) is 23.3 Å². The summed E-state index contributed by atoms with van der Waals surface area (Å²) in [7, 11) is -1.22. The van der Waals surface area contributed by atoms with Crippen molar-refractivity contribution in [2.45, 2.75) is 18.8 Å². The second-order valence-electron chi connectivity index (χ2n) is 5.67. The molecule has 2 aromatic heterocycles. The average molecular weight is 321 g/mol. The summed E-state index contributed by atoms with van der Waals surface area (Å²) in [6.07, 6.45) is 10.0. The van der Waals surface area contributed by atoms with Crippen molar-refractivity contribution in [3.8, 4) is 11.3 Å². The molecule has 118 valence electrons. The first-order valence-corrected chi connectivity index (χ1v) is 9.04. The third-order valence-corrected chi connectivity index (χ3v) is 5.32. The zero-order chi connectivity index (χ0) is 15.7. The maximum Gasteiger partial charge on any atom is 0.211 e. The van der Waals surface area contributed by atoms with Gasteiger partial charge >= 0.3 is 0 Å². The molecule has 0 bridgehead atoms. The second-order valence-corrected chi connectivity index (χ2v) is 7.65. The van der Waals surface area contributed by atoms with Crippen LogP contribution in [-0.2, 0) is 17.1 Å². The van der Waals surface area contributed by atoms with Gasteiger partial charge < -0.3 is 0 Å². The molecule has 0 N–H and O–H groups in total. The Morgan fingerprint density at radius 3 is 2.36 bits per heavy atom. The molecule has 0 saturated carbocycles. The van der Waals surface area contributed by atoms with Gasteiger partial charge in [0, 0.05) is 44.0 Å². The summed E-state index contributed by atoms with van der Waals surface area (Å²) in [5, 5.41) is 4.12. The van der Waals surface area contributed by atoms with E-state index in [9.17, 15) is 8.42 Å². The molecule has 0 radical (unpaired) electrons. The highest BCUT2D eigenvalue weighted by Crippen LogP contribution is 2.27. The van der Waals surface area contributed by atoms with E-state index in [1.165, 1.54) is 10.6 Å². The number of piperidine rings is 1. The third kappa shape index (κ3) is 3.17. The number of hydrogen-bond acceptors (Lipinski definition) is 5. The summed E-state index contributed by atoms with van der Waals surface area (Å²) in [6.45, 7) is 1.10. The van der Waals surface area contributed by atoms with Gasteiger partial charge in [0.25, 0.3) is 0 Å². The fourth-order valence-corrected chi connectivity index (χ4v) is 3.61. The first kappa shape index (κ1) is 15.1. The van der Waals surface area contributed by atoms with Crippen LogP contribution < -0.4 is 0 Å². The van der Waals surface area contributed by atoms with Crippen LogP contribution in [0.15, 0.2) is 24.8 Å². The van der Waals surface area contributed by atoms with Crippen LogP contribution in [0.3, 0.4) is 0 Å². The van der Waals surface area contributed by atoms with Crippen LogP contribution in [0.1, 0.15) is 24.5 Å². The molecular weight excluding hydrogens is 302 g/mol. The maximum atomic E-state index is 11.5. The first-order chi connectivity index (χ1) is 10.4. The molecule has 22 heavy (non-hydrogen) atoms. The molecule has 0 amide bonds. The van der Waals surface area contributed by atoms with E-state index in [0.29, 0.717) is 13.1 Å². The Kier molecular flexibility index (Phi) is 3.96. The number of aryl methyl sites for hydroxylation is 1. The number of aromatic nitrogens is 4. The Bertz CT molecular complexity index is 746. The van der Waals surface area contributed by atoms with Crippen LogP contribution >= 0.6 is 0 Å². The average Bonchev–Trinajstić information content (AvgIpc) is 2.93. The Morgan fingerprint density at radius 2 is 1.86 bits per heavy atom. The summed E-state index contributed by atoms with van der Waals surface area (Å²) in [5.41, 5.74) is 2.67. The SMILES string of the molecule is Cn1cc(-c2cnc(C3CCN(S(C)(=O)=O)CC3)cn2)cn1. The minimum atomic E-state index is -3.08. The standard InChI is InChI=1S/C14H19N5O2S/c1-18-10-12(7-17-18)14-9-15-13(8-16-14)11-3-5-19(6-4-11)22(2,20)21/h7-11H,3-6H2,1-2H3. The van der Waals surface area contributed by atoms with E-state index in [4.69, 9.17) is 0 Å². The van der Waals surface area contributed by atoms with Gasteiger partial charge in [-0.15, -0.1) is 0 Å². The zero-order valence-electron chi connectivity index (χ0n) is 12.7. The number of rotatable bonds is 3. The first-order valence-electron chi connectivity index (χ1n) is 7.19. The van der Waals surface area contributed by atoms with Crippen LogP contribution in [0.2, 0.25) is 0 Å². The van der Waals surface area contributed by atoms with Gasteiger partial charge in [0.15, 0.2) is 0 Å². The highest BCUT2D eigenvalue weighted by Gasteiger charge is 2.26. The van der Waals surface area contributed by atoms with Gasteiger partial charge in [-0.2, -0.15) is 5.10 Å². The molecule has 1 aliphatic heterocycles. The van der Waals surface area contributed by atoms with Crippen molar-refractivity contribution in [2.24, 2.45) is 7.05 Å². The van der Waals surface area contributed by atoms with Crippen LogP contribution in [-0.4, -0.2) is 51.8 Å². The van der Waals surface area contributed by atoms with Crippen molar-refractivity contribution in [3.05, 3.63) is 30.5 Å². The van der Waals surface area contributed by atoms with Crippen molar-refractivity contribution in [3.63, 3.8) is 0 Å². The maximum absolute atomic E-state index is 11.5. The molecule has 1 saturated heterocycles. The van der Waals surface area contributed by atoms with Crippen molar-refractivity contribution < 1.29 is 8.42 Å².